The normalized spacial score (nSPS) is 17.6. The third kappa shape index (κ3) is 3.17. The van der Waals surface area contributed by atoms with Gasteiger partial charge in [0.15, 0.2) is 5.78 Å². The molecule has 0 aliphatic heterocycles. The van der Waals surface area contributed by atoms with Crippen LogP contribution in [0, 0.1) is 5.41 Å². The number of nitrogens with zero attached hydrogens (tertiary/aromatic N) is 2. The zero-order chi connectivity index (χ0) is 20.8. The summed E-state index contributed by atoms with van der Waals surface area (Å²) in [7, 11) is 2.63. The molecule has 7 nitrogen and oxygen atoms in total. The van der Waals surface area contributed by atoms with Gasteiger partial charge >= 0.3 is 5.69 Å². The summed E-state index contributed by atoms with van der Waals surface area (Å²) in [4.78, 5) is 38.0. The van der Waals surface area contributed by atoms with Gasteiger partial charge in [0.25, 0.3) is 5.56 Å². The molecule has 0 saturated heterocycles. The number of carbonyl (C=O) groups excluding carboxylic acids is 1. The minimum atomic E-state index is -1.04. The van der Waals surface area contributed by atoms with Crippen LogP contribution in [0.4, 0.5) is 0 Å². The highest BCUT2D eigenvalue weighted by Gasteiger charge is 2.37. The van der Waals surface area contributed by atoms with Gasteiger partial charge in [0, 0.05) is 26.4 Å². The molecule has 7 heteroatoms. The van der Waals surface area contributed by atoms with E-state index >= 15 is 0 Å². The van der Waals surface area contributed by atoms with Crippen LogP contribution in [0.1, 0.15) is 43.7 Å². The first kappa shape index (κ1) is 19.7. The van der Waals surface area contributed by atoms with Crippen molar-refractivity contribution < 1.29 is 15.0 Å². The van der Waals surface area contributed by atoms with Crippen LogP contribution in [0.3, 0.4) is 0 Å². The van der Waals surface area contributed by atoms with Crippen LogP contribution < -0.4 is 16.4 Å². The van der Waals surface area contributed by atoms with Crippen molar-refractivity contribution in [1.29, 1.82) is 0 Å². The fourth-order valence-corrected chi connectivity index (χ4v) is 3.83. The minimum Gasteiger partial charge on any atom is -0.875 e. The lowest BCUT2D eigenvalue weighted by Crippen LogP contribution is -2.41. The number of aromatic nitrogens is 2. The summed E-state index contributed by atoms with van der Waals surface area (Å²) in [5.74, 6) is -2.27. The predicted molar refractivity (Wildman–Crippen MR) is 102 cm³/mol. The Bertz CT molecular complexity index is 1090. The molecule has 1 aliphatic rings. The number of aromatic hydroxyl groups is 1. The predicted octanol–water partition coefficient (Wildman–Crippen LogP) is 0.925. The van der Waals surface area contributed by atoms with E-state index in [1.54, 1.807) is 30.3 Å². The molecule has 1 atom stereocenters. The molecular weight excluding hydrogens is 360 g/mol. The third-order valence-electron chi connectivity index (χ3n) is 5.26. The Morgan fingerprint density at radius 3 is 2.21 bits per heavy atom. The summed E-state index contributed by atoms with van der Waals surface area (Å²) in [5, 5.41) is 23.6. The van der Waals surface area contributed by atoms with E-state index in [9.17, 15) is 24.6 Å². The summed E-state index contributed by atoms with van der Waals surface area (Å²) in [6.07, 6.45) is 0.342. The van der Waals surface area contributed by atoms with Crippen LogP contribution in [-0.2, 0) is 18.9 Å². The molecule has 28 heavy (non-hydrogen) atoms. The van der Waals surface area contributed by atoms with Crippen molar-refractivity contribution in [3.63, 3.8) is 0 Å². The van der Waals surface area contributed by atoms with Crippen molar-refractivity contribution in [2.75, 3.05) is 0 Å². The van der Waals surface area contributed by atoms with Crippen molar-refractivity contribution in [3.8, 4) is 5.88 Å². The zero-order valence-electron chi connectivity index (χ0n) is 16.4. The second-order valence-electron chi connectivity index (χ2n) is 8.06. The van der Waals surface area contributed by atoms with Gasteiger partial charge in [-0.3, -0.25) is 18.7 Å². The molecule has 2 aromatic rings. The van der Waals surface area contributed by atoms with Gasteiger partial charge in [-0.05, 0) is 23.0 Å². The molecule has 1 aliphatic carbocycles. The van der Waals surface area contributed by atoms with Crippen molar-refractivity contribution >= 4 is 5.78 Å². The monoisotopic (exact) mass is 383 g/mol. The number of hydrogen-bond acceptors (Lipinski definition) is 5. The van der Waals surface area contributed by atoms with Gasteiger partial charge in [-0.2, -0.15) is 0 Å². The first-order chi connectivity index (χ1) is 13.0. The van der Waals surface area contributed by atoms with Gasteiger partial charge < -0.3 is 10.2 Å². The maximum atomic E-state index is 13.0. The smallest absolute Gasteiger partial charge is 0.333 e. The van der Waals surface area contributed by atoms with E-state index < -0.39 is 28.5 Å². The Labute approximate surface area is 162 Å². The first-order valence-electron chi connectivity index (χ1n) is 9.02. The first-order valence-corrected chi connectivity index (χ1v) is 9.02. The maximum Gasteiger partial charge on any atom is 0.333 e. The Kier molecular flexibility index (Phi) is 4.79. The third-order valence-corrected chi connectivity index (χ3v) is 5.26. The fraction of sp³-hybridized carbons (Fsp3) is 0.381. The van der Waals surface area contributed by atoms with E-state index in [1.807, 2.05) is 13.8 Å². The van der Waals surface area contributed by atoms with Crippen LogP contribution in [-0.4, -0.2) is 20.0 Å². The average Bonchev–Trinajstić information content (AvgIpc) is 2.63. The van der Waals surface area contributed by atoms with Gasteiger partial charge in [0.05, 0.1) is 5.56 Å². The van der Waals surface area contributed by atoms with E-state index in [1.165, 1.54) is 14.1 Å². The van der Waals surface area contributed by atoms with E-state index in [4.69, 9.17) is 0 Å². The van der Waals surface area contributed by atoms with Gasteiger partial charge in [-0.25, -0.2) is 4.79 Å². The van der Waals surface area contributed by atoms with Crippen molar-refractivity contribution in [3.05, 3.63) is 73.6 Å². The lowest BCUT2D eigenvalue weighted by molar-refractivity contribution is -0.312. The Hall–Kier alpha value is -3.09. The summed E-state index contributed by atoms with van der Waals surface area (Å²) in [6, 6.07) is 8.63. The van der Waals surface area contributed by atoms with E-state index in [2.05, 4.69) is 0 Å². The summed E-state index contributed by atoms with van der Waals surface area (Å²) in [5.41, 5.74) is -1.51. The number of benzene rings is 1. The second-order valence-corrected chi connectivity index (χ2v) is 8.06. The lowest BCUT2D eigenvalue weighted by Gasteiger charge is -2.38. The molecule has 0 bridgehead atoms. The molecule has 148 valence electrons. The van der Waals surface area contributed by atoms with Gasteiger partial charge in [-0.1, -0.05) is 44.2 Å². The van der Waals surface area contributed by atoms with Crippen LogP contribution in [0.5, 0.6) is 5.88 Å². The Morgan fingerprint density at radius 1 is 1.04 bits per heavy atom. The minimum absolute atomic E-state index is 0.0171. The molecule has 0 fully saturated rings. The van der Waals surface area contributed by atoms with Crippen molar-refractivity contribution in [2.24, 2.45) is 19.5 Å². The molecule has 1 aromatic heterocycles. The topological polar surface area (TPSA) is 104 Å². The van der Waals surface area contributed by atoms with Crippen LogP contribution >= 0.6 is 0 Å². The fourth-order valence-electron chi connectivity index (χ4n) is 3.83. The highest BCUT2D eigenvalue weighted by molar-refractivity contribution is 5.99. The molecule has 1 heterocycles. The van der Waals surface area contributed by atoms with Crippen molar-refractivity contribution in [1.82, 2.24) is 9.13 Å². The number of hydrogen-bond donors (Lipinski definition) is 1. The molecule has 3 rings (SSSR count). The standard InChI is InChI=1S/C21H24N2O5/c1-21(2)10-13(24)16(14(25)11-21)15(12-8-6-5-7-9-12)17-18(26)22(3)20(28)23(4)19(17)27/h5-9,15,24,26H,10-11H2,1-4H3/p-1. The highest BCUT2D eigenvalue weighted by atomic mass is 16.3. The van der Waals surface area contributed by atoms with E-state index in [0.29, 0.717) is 5.56 Å². The molecule has 0 spiro atoms. The molecule has 0 saturated carbocycles. The number of rotatable bonds is 3. The van der Waals surface area contributed by atoms with Gasteiger partial charge in [0.1, 0.15) is 0 Å². The van der Waals surface area contributed by atoms with Crippen LogP contribution in [0.2, 0.25) is 0 Å². The summed E-state index contributed by atoms with van der Waals surface area (Å²) in [6.45, 7) is 3.69. The SMILES string of the molecule is Cn1c(O)c(C(C2=C([O-])CC(C)(C)CC2=O)c2ccccc2)c(=O)n(C)c1=O. The molecule has 0 amide bonds. The molecule has 1 N–H and O–H groups in total. The quantitative estimate of drug-likeness (QED) is 0.849. The van der Waals surface area contributed by atoms with Gasteiger partial charge in [-0.15, -0.1) is 5.76 Å². The van der Waals surface area contributed by atoms with Crippen LogP contribution in [0.15, 0.2) is 51.3 Å². The van der Waals surface area contributed by atoms with Crippen molar-refractivity contribution in [2.45, 2.75) is 32.6 Å². The van der Waals surface area contributed by atoms with Crippen LogP contribution in [0.25, 0.3) is 0 Å². The van der Waals surface area contributed by atoms with E-state index in [0.717, 1.165) is 9.13 Å². The maximum absolute atomic E-state index is 13.0. The number of carbonyl (C=O) groups is 1. The number of Topliss-reactive ketones (excluding diaryl/α,β-unsaturated/α-hetero) is 1. The average molecular weight is 383 g/mol. The molecular formula is C21H23N2O5-. The summed E-state index contributed by atoms with van der Waals surface area (Å²) >= 11 is 0. The zero-order valence-corrected chi connectivity index (χ0v) is 16.4. The second kappa shape index (κ2) is 6.82. The Morgan fingerprint density at radius 2 is 1.64 bits per heavy atom. The summed E-state index contributed by atoms with van der Waals surface area (Å²) < 4.78 is 1.81. The Balaban J connectivity index is 2.39. The molecule has 0 radical (unpaired) electrons. The number of ketones is 1. The van der Waals surface area contributed by atoms with E-state index in [-0.39, 0.29) is 35.5 Å². The molecule has 1 unspecified atom stereocenters. The number of allylic oxidation sites excluding steroid dienone is 2. The lowest BCUT2D eigenvalue weighted by atomic mass is 9.71. The van der Waals surface area contributed by atoms with Gasteiger partial charge in [0.2, 0.25) is 5.88 Å². The molecule has 1 aromatic carbocycles. The highest BCUT2D eigenvalue weighted by Crippen LogP contribution is 2.43. The largest absolute Gasteiger partial charge is 0.875 e.